The summed E-state index contributed by atoms with van der Waals surface area (Å²) in [6.07, 6.45) is 0. The van der Waals surface area contributed by atoms with E-state index in [4.69, 9.17) is 0 Å². The molecule has 0 atom stereocenters. The molecular weight excluding hydrogens is 264 g/mol. The molecule has 0 unspecified atom stereocenters. The van der Waals surface area contributed by atoms with Crippen LogP contribution in [0.2, 0.25) is 0 Å². The molecule has 0 radical (unpaired) electrons. The van der Waals surface area contributed by atoms with E-state index in [0.29, 0.717) is 0 Å². The van der Waals surface area contributed by atoms with E-state index in [0.717, 1.165) is 0 Å². The summed E-state index contributed by atoms with van der Waals surface area (Å²) in [5.41, 5.74) is 7.56. The summed E-state index contributed by atoms with van der Waals surface area (Å²) in [5, 5.41) is 0. The first-order chi connectivity index (χ1) is 8.36. The van der Waals surface area contributed by atoms with Gasteiger partial charge in [0, 0.05) is 0 Å². The maximum Gasteiger partial charge on any atom is 2.00 e. The Morgan fingerprint density at radius 3 is 0.895 bits per heavy atom. The number of aryl methyl sites for hydroxylation is 6. The van der Waals surface area contributed by atoms with Crippen molar-refractivity contribution < 1.29 is 21.7 Å². The van der Waals surface area contributed by atoms with Crippen LogP contribution >= 0.6 is 0 Å². The molecule has 0 aliphatic carbocycles. The fraction of sp³-hybridized carbons (Fsp3) is 0.333. The average molecular weight is 286 g/mol. The summed E-state index contributed by atoms with van der Waals surface area (Å²) in [7, 11) is 0. The smallest absolute Gasteiger partial charge is 0.177 e. The zero-order valence-corrected chi connectivity index (χ0v) is 14.4. The quantitative estimate of drug-likeness (QED) is 0.481. The first-order valence-corrected chi connectivity index (χ1v) is 6.31. The summed E-state index contributed by atoms with van der Waals surface area (Å²) in [5.74, 6) is 0. The van der Waals surface area contributed by atoms with Gasteiger partial charge in [0.25, 0.3) is 0 Å². The van der Waals surface area contributed by atoms with Crippen LogP contribution in [0.4, 0.5) is 0 Å². The first-order valence-electron chi connectivity index (χ1n) is 6.31. The second-order valence-electron chi connectivity index (χ2n) is 5.05. The summed E-state index contributed by atoms with van der Waals surface area (Å²) in [4.78, 5) is 0. The van der Waals surface area contributed by atoms with E-state index in [-0.39, 0.29) is 21.7 Å². The number of hydrogen-bond donors (Lipinski definition) is 0. The third kappa shape index (κ3) is 7.35. The Morgan fingerprint density at radius 2 is 0.737 bits per heavy atom. The van der Waals surface area contributed by atoms with Gasteiger partial charge in [0.1, 0.15) is 0 Å². The normalized spacial score (nSPS) is 9.16. The van der Waals surface area contributed by atoms with Gasteiger partial charge in [-0.05, 0) is 0 Å². The zero-order valence-electron chi connectivity index (χ0n) is 12.8. The van der Waals surface area contributed by atoms with Crippen LogP contribution in [0.15, 0.2) is 24.3 Å². The number of benzene rings is 2. The van der Waals surface area contributed by atoms with Gasteiger partial charge in [-0.15, -0.1) is 0 Å². The van der Waals surface area contributed by atoms with Crippen molar-refractivity contribution in [1.29, 1.82) is 0 Å². The molecule has 2 rings (SSSR count). The van der Waals surface area contributed by atoms with Gasteiger partial charge in [-0.25, -0.2) is 0 Å². The van der Waals surface area contributed by atoms with Crippen molar-refractivity contribution in [2.75, 3.05) is 0 Å². The molecular formula is C18H22Ti. The summed E-state index contributed by atoms with van der Waals surface area (Å²) in [6, 6.07) is 14.9. The molecule has 19 heavy (non-hydrogen) atoms. The Hall–Kier alpha value is -0.846. The topological polar surface area (TPSA) is 0 Å². The average Bonchev–Trinajstić information content (AvgIpc) is 2.12. The van der Waals surface area contributed by atoms with E-state index in [1.54, 1.807) is 0 Å². The van der Waals surface area contributed by atoms with E-state index in [9.17, 15) is 0 Å². The van der Waals surface area contributed by atoms with Crippen molar-refractivity contribution in [3.05, 3.63) is 69.8 Å². The second kappa shape index (κ2) is 8.35. The van der Waals surface area contributed by atoms with Crippen molar-refractivity contribution in [2.45, 2.75) is 41.5 Å². The standard InChI is InChI=1S/2C9H11.Ti/c2*1-7-4-8(2)6-9(3)5-7;/h2*4-5H,1-3H3;/q2*-1;+2. The van der Waals surface area contributed by atoms with E-state index in [1.807, 2.05) is 0 Å². The molecule has 0 heterocycles. The van der Waals surface area contributed by atoms with Crippen LogP contribution in [-0.2, 0) is 21.7 Å². The molecule has 0 saturated carbocycles. The number of rotatable bonds is 0. The predicted octanol–water partition coefficient (Wildman–Crippen LogP) is 4.82. The molecule has 0 N–H and O–H groups in total. The summed E-state index contributed by atoms with van der Waals surface area (Å²) in [6.45, 7) is 12.5. The molecule has 0 spiro atoms. The van der Waals surface area contributed by atoms with E-state index in [2.05, 4.69) is 77.9 Å². The fourth-order valence-electron chi connectivity index (χ4n) is 2.22. The third-order valence-electron chi connectivity index (χ3n) is 2.57. The molecule has 2 aromatic rings. The van der Waals surface area contributed by atoms with Crippen LogP contribution in [-0.4, -0.2) is 0 Å². The van der Waals surface area contributed by atoms with Crippen LogP contribution in [0, 0.1) is 53.7 Å². The zero-order chi connectivity index (χ0) is 13.7. The Balaban J connectivity index is 0.000000324. The van der Waals surface area contributed by atoms with E-state index in [1.165, 1.54) is 33.4 Å². The van der Waals surface area contributed by atoms with Crippen LogP contribution < -0.4 is 0 Å². The van der Waals surface area contributed by atoms with Gasteiger partial charge in [-0.2, -0.15) is 69.8 Å². The molecule has 0 aliphatic heterocycles. The summed E-state index contributed by atoms with van der Waals surface area (Å²) >= 11 is 0. The van der Waals surface area contributed by atoms with Gasteiger partial charge < -0.3 is 0 Å². The molecule has 0 saturated heterocycles. The molecule has 0 nitrogen and oxygen atoms in total. The van der Waals surface area contributed by atoms with Gasteiger partial charge in [-0.3, -0.25) is 0 Å². The van der Waals surface area contributed by atoms with Crippen molar-refractivity contribution in [2.24, 2.45) is 0 Å². The minimum absolute atomic E-state index is 0. The minimum atomic E-state index is 0. The predicted molar refractivity (Wildman–Crippen MR) is 79.0 cm³/mol. The maximum absolute atomic E-state index is 3.21. The van der Waals surface area contributed by atoms with Gasteiger partial charge in [0.15, 0.2) is 0 Å². The Labute approximate surface area is 133 Å². The van der Waals surface area contributed by atoms with Crippen molar-refractivity contribution in [3.8, 4) is 0 Å². The van der Waals surface area contributed by atoms with Crippen LogP contribution in [0.5, 0.6) is 0 Å². The van der Waals surface area contributed by atoms with Crippen molar-refractivity contribution in [3.63, 3.8) is 0 Å². The van der Waals surface area contributed by atoms with Gasteiger partial charge in [0.2, 0.25) is 0 Å². The fourth-order valence-corrected chi connectivity index (χ4v) is 2.22. The first kappa shape index (κ1) is 18.2. The van der Waals surface area contributed by atoms with Gasteiger partial charge >= 0.3 is 21.7 Å². The summed E-state index contributed by atoms with van der Waals surface area (Å²) < 4.78 is 0. The SMILES string of the molecule is Cc1[c-]c(C)cc(C)c1.Cc1[c-]c(C)cc(C)c1.[Ti+2]. The molecule has 0 aromatic heterocycles. The van der Waals surface area contributed by atoms with Crippen LogP contribution in [0.25, 0.3) is 0 Å². The maximum atomic E-state index is 3.21. The van der Waals surface area contributed by atoms with E-state index >= 15 is 0 Å². The Morgan fingerprint density at radius 1 is 0.526 bits per heavy atom. The molecule has 98 valence electrons. The van der Waals surface area contributed by atoms with Crippen LogP contribution in [0.1, 0.15) is 33.4 Å². The Bertz CT molecular complexity index is 377. The second-order valence-corrected chi connectivity index (χ2v) is 5.05. The number of hydrogen-bond acceptors (Lipinski definition) is 0. The minimum Gasteiger partial charge on any atom is -0.177 e. The van der Waals surface area contributed by atoms with Gasteiger partial charge in [-0.1, -0.05) is 41.5 Å². The molecule has 1 heteroatoms. The van der Waals surface area contributed by atoms with Crippen molar-refractivity contribution in [1.82, 2.24) is 0 Å². The molecule has 0 fully saturated rings. The molecule has 0 amide bonds. The molecule has 0 bridgehead atoms. The molecule has 2 aromatic carbocycles. The van der Waals surface area contributed by atoms with Gasteiger partial charge in [0.05, 0.1) is 0 Å². The van der Waals surface area contributed by atoms with Crippen LogP contribution in [0.3, 0.4) is 0 Å². The third-order valence-corrected chi connectivity index (χ3v) is 2.57. The Kier molecular flexibility index (Phi) is 7.98. The van der Waals surface area contributed by atoms with Crippen molar-refractivity contribution >= 4 is 0 Å². The van der Waals surface area contributed by atoms with E-state index < -0.39 is 0 Å². The molecule has 0 aliphatic rings. The monoisotopic (exact) mass is 286 g/mol. The largest absolute Gasteiger partial charge is 2.00 e.